The van der Waals surface area contributed by atoms with Crippen LogP contribution in [0.2, 0.25) is 0 Å². The van der Waals surface area contributed by atoms with E-state index in [9.17, 15) is 4.39 Å². The van der Waals surface area contributed by atoms with E-state index < -0.39 is 6.04 Å². The Balaban J connectivity index is 2.06. The molecule has 0 aliphatic rings. The number of aromatic nitrogens is 2. The molecule has 0 radical (unpaired) electrons. The summed E-state index contributed by atoms with van der Waals surface area (Å²) in [5.41, 5.74) is 1.44. The van der Waals surface area contributed by atoms with Gasteiger partial charge in [0.2, 0.25) is 0 Å². The normalized spacial score (nSPS) is 12.1. The molecule has 2 aromatic carbocycles. The topological polar surface area (TPSA) is 69.4 Å². The first kappa shape index (κ1) is 18.7. The van der Waals surface area contributed by atoms with E-state index in [1.54, 1.807) is 20.3 Å². The highest BCUT2D eigenvalue weighted by molar-refractivity contribution is 5.48. The van der Waals surface area contributed by atoms with Crippen molar-refractivity contribution in [1.82, 2.24) is 10.1 Å². The zero-order valence-electron chi connectivity index (χ0n) is 15.7. The van der Waals surface area contributed by atoms with Gasteiger partial charge in [-0.15, -0.1) is 0 Å². The molecule has 1 aromatic heterocycles. The van der Waals surface area contributed by atoms with Crippen LogP contribution in [0.15, 0.2) is 47.0 Å². The van der Waals surface area contributed by atoms with Gasteiger partial charge in [0.15, 0.2) is 5.82 Å². The highest BCUT2D eigenvalue weighted by Gasteiger charge is 2.22. The first-order valence-corrected chi connectivity index (χ1v) is 8.59. The van der Waals surface area contributed by atoms with Crippen LogP contribution in [0.5, 0.6) is 11.5 Å². The van der Waals surface area contributed by atoms with Gasteiger partial charge in [-0.3, -0.25) is 0 Å². The summed E-state index contributed by atoms with van der Waals surface area (Å²) in [6, 6.07) is 11.6. The van der Waals surface area contributed by atoms with Crippen molar-refractivity contribution in [3.05, 3.63) is 65.2 Å². The Hall–Kier alpha value is -3.09. The maximum absolute atomic E-state index is 14.0. The minimum absolute atomic E-state index is 0.128. The van der Waals surface area contributed by atoms with E-state index >= 15 is 0 Å². The second-order valence-electron chi connectivity index (χ2n) is 6.35. The molecule has 0 spiro atoms. The molecular weight excluding hydrogens is 349 g/mol. The van der Waals surface area contributed by atoms with E-state index in [0.717, 1.165) is 5.56 Å². The van der Waals surface area contributed by atoms with Crippen LogP contribution >= 0.6 is 0 Å². The minimum atomic E-state index is -0.480. The van der Waals surface area contributed by atoms with Crippen molar-refractivity contribution in [2.75, 3.05) is 19.5 Å². The Morgan fingerprint density at radius 2 is 1.89 bits per heavy atom. The molecular formula is C20H22FN3O3. The number of benzene rings is 2. The van der Waals surface area contributed by atoms with Crippen molar-refractivity contribution in [2.45, 2.75) is 25.8 Å². The van der Waals surface area contributed by atoms with Gasteiger partial charge >= 0.3 is 6.01 Å². The van der Waals surface area contributed by atoms with E-state index in [-0.39, 0.29) is 17.7 Å². The van der Waals surface area contributed by atoms with E-state index in [0.29, 0.717) is 22.9 Å². The first-order chi connectivity index (χ1) is 13.0. The van der Waals surface area contributed by atoms with E-state index in [1.807, 2.05) is 38.1 Å². The fourth-order valence-electron chi connectivity index (χ4n) is 2.74. The third-order valence-corrected chi connectivity index (χ3v) is 4.16. The number of nitrogens with zero attached hydrogens (tertiary/aromatic N) is 2. The van der Waals surface area contributed by atoms with Gasteiger partial charge in [0.1, 0.15) is 17.3 Å². The number of ether oxygens (including phenoxy) is 2. The second kappa shape index (κ2) is 8.07. The monoisotopic (exact) mass is 371 g/mol. The smallest absolute Gasteiger partial charge is 0.322 e. The van der Waals surface area contributed by atoms with Crippen molar-refractivity contribution in [1.29, 1.82) is 0 Å². The molecule has 0 amide bonds. The van der Waals surface area contributed by atoms with E-state index in [2.05, 4.69) is 15.5 Å². The highest BCUT2D eigenvalue weighted by Crippen LogP contribution is 2.34. The summed E-state index contributed by atoms with van der Waals surface area (Å²) < 4.78 is 30.1. The quantitative estimate of drug-likeness (QED) is 0.657. The molecule has 0 bridgehead atoms. The van der Waals surface area contributed by atoms with Gasteiger partial charge in [0, 0.05) is 11.5 Å². The van der Waals surface area contributed by atoms with Crippen molar-refractivity contribution < 1.29 is 18.4 Å². The number of hydrogen-bond donors (Lipinski definition) is 1. The Labute approximate surface area is 157 Å². The van der Waals surface area contributed by atoms with Gasteiger partial charge in [0.25, 0.3) is 0 Å². The standard InChI is InChI=1S/C20H22FN3O3/c1-12(2)19-23-20(27-24-19)22-18(13-6-5-7-15(10-13)25-3)16-11-14(21)8-9-17(16)26-4/h5-12,18H,1-4H3,(H,22,23,24). The summed E-state index contributed by atoms with van der Waals surface area (Å²) in [4.78, 5) is 4.37. The fourth-order valence-corrected chi connectivity index (χ4v) is 2.74. The first-order valence-electron chi connectivity index (χ1n) is 8.59. The van der Waals surface area contributed by atoms with E-state index in [4.69, 9.17) is 14.0 Å². The van der Waals surface area contributed by atoms with Gasteiger partial charge in [-0.1, -0.05) is 31.1 Å². The van der Waals surface area contributed by atoms with Crippen LogP contribution in [0.25, 0.3) is 0 Å². The van der Waals surface area contributed by atoms with Crippen LogP contribution in [-0.4, -0.2) is 24.4 Å². The van der Waals surface area contributed by atoms with Gasteiger partial charge in [0.05, 0.1) is 20.3 Å². The van der Waals surface area contributed by atoms with Crippen LogP contribution in [0.3, 0.4) is 0 Å². The zero-order chi connectivity index (χ0) is 19.4. The average molecular weight is 371 g/mol. The molecule has 1 unspecified atom stereocenters. The summed E-state index contributed by atoms with van der Waals surface area (Å²) in [5.74, 6) is 1.58. The van der Waals surface area contributed by atoms with Crippen molar-refractivity contribution in [3.63, 3.8) is 0 Å². The third-order valence-electron chi connectivity index (χ3n) is 4.16. The lowest BCUT2D eigenvalue weighted by atomic mass is 9.97. The summed E-state index contributed by atoms with van der Waals surface area (Å²) >= 11 is 0. The summed E-state index contributed by atoms with van der Waals surface area (Å²) in [6.45, 7) is 3.95. The molecule has 6 nitrogen and oxygen atoms in total. The minimum Gasteiger partial charge on any atom is -0.497 e. The predicted molar refractivity (Wildman–Crippen MR) is 99.8 cm³/mol. The number of hydrogen-bond acceptors (Lipinski definition) is 6. The maximum Gasteiger partial charge on any atom is 0.322 e. The molecule has 0 aliphatic carbocycles. The van der Waals surface area contributed by atoms with Crippen molar-refractivity contribution in [3.8, 4) is 11.5 Å². The molecule has 1 N–H and O–H groups in total. The Bertz CT molecular complexity index is 911. The molecule has 7 heteroatoms. The predicted octanol–water partition coefficient (Wildman–Crippen LogP) is 4.55. The van der Waals surface area contributed by atoms with Crippen LogP contribution in [0.4, 0.5) is 10.4 Å². The number of nitrogens with one attached hydrogen (secondary N) is 1. The van der Waals surface area contributed by atoms with Gasteiger partial charge in [-0.05, 0) is 35.9 Å². The molecule has 27 heavy (non-hydrogen) atoms. The third kappa shape index (κ3) is 4.19. The van der Waals surface area contributed by atoms with Crippen molar-refractivity contribution in [2.24, 2.45) is 0 Å². The molecule has 3 rings (SSSR count). The molecule has 1 heterocycles. The molecule has 0 fully saturated rings. The largest absolute Gasteiger partial charge is 0.497 e. The van der Waals surface area contributed by atoms with Crippen LogP contribution < -0.4 is 14.8 Å². The highest BCUT2D eigenvalue weighted by atomic mass is 19.1. The molecule has 0 saturated carbocycles. The average Bonchev–Trinajstić information content (AvgIpc) is 3.15. The van der Waals surface area contributed by atoms with Crippen LogP contribution in [-0.2, 0) is 0 Å². The second-order valence-corrected chi connectivity index (χ2v) is 6.35. The number of methoxy groups -OCH3 is 2. The lowest BCUT2D eigenvalue weighted by Crippen LogP contribution is -2.14. The molecule has 0 aliphatic heterocycles. The lowest BCUT2D eigenvalue weighted by molar-refractivity contribution is 0.402. The summed E-state index contributed by atoms with van der Waals surface area (Å²) in [6.07, 6.45) is 0. The number of anilines is 1. The summed E-state index contributed by atoms with van der Waals surface area (Å²) in [5, 5.41) is 7.17. The fraction of sp³-hybridized carbons (Fsp3) is 0.300. The Morgan fingerprint density at radius 3 is 2.56 bits per heavy atom. The lowest BCUT2D eigenvalue weighted by Gasteiger charge is -2.21. The van der Waals surface area contributed by atoms with Gasteiger partial charge in [-0.25, -0.2) is 4.39 Å². The van der Waals surface area contributed by atoms with Crippen LogP contribution in [0.1, 0.15) is 42.8 Å². The van der Waals surface area contributed by atoms with Gasteiger partial charge in [-0.2, -0.15) is 4.98 Å². The van der Waals surface area contributed by atoms with Crippen molar-refractivity contribution >= 4 is 6.01 Å². The maximum atomic E-state index is 14.0. The Morgan fingerprint density at radius 1 is 1.07 bits per heavy atom. The molecule has 142 valence electrons. The molecule has 3 aromatic rings. The SMILES string of the molecule is COc1cccc(C(Nc2nc(C(C)C)no2)c2cc(F)ccc2OC)c1. The molecule has 1 atom stereocenters. The number of rotatable bonds is 7. The number of halogens is 1. The zero-order valence-corrected chi connectivity index (χ0v) is 15.7. The molecule has 0 saturated heterocycles. The summed E-state index contributed by atoms with van der Waals surface area (Å²) in [7, 11) is 3.14. The Kier molecular flexibility index (Phi) is 5.59. The van der Waals surface area contributed by atoms with Crippen LogP contribution in [0, 0.1) is 5.82 Å². The van der Waals surface area contributed by atoms with Gasteiger partial charge < -0.3 is 19.3 Å². The van der Waals surface area contributed by atoms with E-state index in [1.165, 1.54) is 12.1 Å².